The van der Waals surface area contributed by atoms with Gasteiger partial charge in [0.2, 0.25) is 0 Å². The third kappa shape index (κ3) is 5.96. The monoisotopic (exact) mass is 493 g/mol. The molecule has 0 aliphatic carbocycles. The van der Waals surface area contributed by atoms with Crippen molar-refractivity contribution in [3.63, 3.8) is 0 Å². The Bertz CT molecular complexity index is 1460. The molecule has 4 aromatic rings. The minimum atomic E-state index is -0.549. The highest BCUT2D eigenvalue weighted by Gasteiger charge is 2.16. The van der Waals surface area contributed by atoms with Gasteiger partial charge in [0.25, 0.3) is 0 Å². The molecule has 1 aromatic heterocycles. The Labute approximate surface area is 216 Å². The van der Waals surface area contributed by atoms with Gasteiger partial charge in [-0.15, -0.1) is 6.42 Å². The van der Waals surface area contributed by atoms with Crippen molar-refractivity contribution in [2.75, 3.05) is 13.7 Å². The van der Waals surface area contributed by atoms with Crippen molar-refractivity contribution < 1.29 is 23.8 Å². The van der Waals surface area contributed by atoms with Crippen LogP contribution < -0.4 is 4.74 Å². The number of hydrogen-bond acceptors (Lipinski definition) is 6. The van der Waals surface area contributed by atoms with Gasteiger partial charge in [0, 0.05) is 10.9 Å². The maximum absolute atomic E-state index is 13.0. The number of aromatic nitrogens is 1. The summed E-state index contributed by atoms with van der Waals surface area (Å²) in [6.45, 7) is 4.47. The van der Waals surface area contributed by atoms with Gasteiger partial charge in [-0.3, -0.25) is 0 Å². The van der Waals surface area contributed by atoms with Crippen LogP contribution in [0.25, 0.3) is 22.0 Å². The largest absolute Gasteiger partial charge is 0.481 e. The molecule has 4 rings (SSSR count). The van der Waals surface area contributed by atoms with E-state index in [-0.39, 0.29) is 18.9 Å². The zero-order valence-corrected chi connectivity index (χ0v) is 21.0. The van der Waals surface area contributed by atoms with Crippen LogP contribution in [0, 0.1) is 12.3 Å². The number of terminal acetylenes is 1. The Morgan fingerprint density at radius 3 is 2.32 bits per heavy atom. The first-order valence-corrected chi connectivity index (χ1v) is 11.9. The summed E-state index contributed by atoms with van der Waals surface area (Å²) in [5.74, 6) is 2.51. The van der Waals surface area contributed by atoms with Crippen molar-refractivity contribution in [1.29, 1.82) is 0 Å². The maximum atomic E-state index is 13.0. The zero-order valence-electron chi connectivity index (χ0n) is 21.0. The van der Waals surface area contributed by atoms with Gasteiger partial charge in [0.15, 0.2) is 0 Å². The van der Waals surface area contributed by atoms with Gasteiger partial charge < -0.3 is 14.2 Å². The summed E-state index contributed by atoms with van der Waals surface area (Å²) >= 11 is 0. The first kappa shape index (κ1) is 25.5. The molecular formula is C31H27NO5. The third-order valence-corrected chi connectivity index (χ3v) is 5.93. The van der Waals surface area contributed by atoms with Crippen LogP contribution in [0.2, 0.25) is 0 Å². The molecule has 6 nitrogen and oxygen atoms in total. The number of benzene rings is 3. The van der Waals surface area contributed by atoms with E-state index in [0.29, 0.717) is 22.9 Å². The summed E-state index contributed by atoms with van der Waals surface area (Å²) in [5, 5.41) is 1.65. The second kappa shape index (κ2) is 11.4. The molecule has 0 radical (unpaired) electrons. The predicted octanol–water partition coefficient (Wildman–Crippen LogP) is 6.18. The number of rotatable bonds is 8. The molecule has 0 bridgehead atoms. The molecule has 0 atom stereocenters. The Morgan fingerprint density at radius 2 is 1.68 bits per heavy atom. The van der Waals surface area contributed by atoms with Crippen molar-refractivity contribution in [2.45, 2.75) is 26.4 Å². The van der Waals surface area contributed by atoms with E-state index in [1.807, 2.05) is 30.3 Å². The van der Waals surface area contributed by atoms with E-state index in [4.69, 9.17) is 25.6 Å². The van der Waals surface area contributed by atoms with Gasteiger partial charge in [-0.05, 0) is 52.8 Å². The van der Waals surface area contributed by atoms with E-state index >= 15 is 0 Å². The Balaban J connectivity index is 1.65. The molecule has 0 saturated carbocycles. The van der Waals surface area contributed by atoms with Crippen molar-refractivity contribution in [2.24, 2.45) is 0 Å². The SMILES string of the molecule is C#CCOc1ccc2cc(C(=O)OCc3ccc(C(=O)OC)cc3)nc(-c3ccc(C(C)C)cc3)c2c1. The van der Waals surface area contributed by atoms with Gasteiger partial charge >= 0.3 is 11.9 Å². The highest BCUT2D eigenvalue weighted by molar-refractivity contribution is 6.00. The molecule has 186 valence electrons. The van der Waals surface area contributed by atoms with E-state index in [9.17, 15) is 9.59 Å². The van der Waals surface area contributed by atoms with Gasteiger partial charge in [0.1, 0.15) is 24.7 Å². The summed E-state index contributed by atoms with van der Waals surface area (Å²) in [4.78, 5) is 29.3. The maximum Gasteiger partial charge on any atom is 0.357 e. The molecule has 37 heavy (non-hydrogen) atoms. The average molecular weight is 494 g/mol. The molecule has 0 N–H and O–H groups in total. The summed E-state index contributed by atoms with van der Waals surface area (Å²) in [7, 11) is 1.33. The molecule has 6 heteroatoms. The minimum absolute atomic E-state index is 0.0390. The highest BCUT2D eigenvalue weighted by atomic mass is 16.5. The quantitative estimate of drug-likeness (QED) is 0.216. The number of fused-ring (bicyclic) bond motifs is 1. The molecule has 0 saturated heterocycles. The van der Waals surface area contributed by atoms with Crippen LogP contribution in [-0.2, 0) is 16.1 Å². The second-order valence-corrected chi connectivity index (χ2v) is 8.77. The lowest BCUT2D eigenvalue weighted by molar-refractivity contribution is 0.0465. The lowest BCUT2D eigenvalue weighted by Gasteiger charge is -2.13. The summed E-state index contributed by atoms with van der Waals surface area (Å²) in [5.41, 5.74) is 4.08. The first-order valence-electron chi connectivity index (χ1n) is 11.9. The number of carbonyl (C=O) groups is 2. The average Bonchev–Trinajstić information content (AvgIpc) is 2.94. The fourth-order valence-electron chi connectivity index (χ4n) is 3.87. The van der Waals surface area contributed by atoms with E-state index in [2.05, 4.69) is 31.9 Å². The van der Waals surface area contributed by atoms with Gasteiger partial charge in [-0.1, -0.05) is 62.2 Å². The van der Waals surface area contributed by atoms with Gasteiger partial charge in [-0.25, -0.2) is 14.6 Å². The predicted molar refractivity (Wildman–Crippen MR) is 142 cm³/mol. The van der Waals surface area contributed by atoms with Crippen LogP contribution in [0.3, 0.4) is 0 Å². The van der Waals surface area contributed by atoms with Crippen LogP contribution in [0.4, 0.5) is 0 Å². The highest BCUT2D eigenvalue weighted by Crippen LogP contribution is 2.32. The lowest BCUT2D eigenvalue weighted by Crippen LogP contribution is -2.09. The van der Waals surface area contributed by atoms with Crippen LogP contribution in [0.15, 0.2) is 72.8 Å². The Hall–Kier alpha value is -4.63. The molecule has 0 spiro atoms. The molecule has 3 aromatic carbocycles. The zero-order chi connectivity index (χ0) is 26.4. The molecule has 0 aliphatic heterocycles. The number of hydrogen-bond donors (Lipinski definition) is 0. The van der Waals surface area contributed by atoms with Crippen molar-refractivity contribution >= 4 is 22.7 Å². The first-order chi connectivity index (χ1) is 17.9. The number of nitrogens with zero attached hydrogens (tertiary/aromatic N) is 1. The fourth-order valence-corrected chi connectivity index (χ4v) is 3.87. The van der Waals surface area contributed by atoms with Crippen LogP contribution in [0.5, 0.6) is 5.75 Å². The molecule has 1 heterocycles. The molecular weight excluding hydrogens is 466 g/mol. The fraction of sp³-hybridized carbons (Fsp3) is 0.194. The van der Waals surface area contributed by atoms with Crippen molar-refractivity contribution in [1.82, 2.24) is 4.98 Å². The summed E-state index contributed by atoms with van der Waals surface area (Å²) < 4.78 is 15.9. The van der Waals surface area contributed by atoms with E-state index in [0.717, 1.165) is 21.9 Å². The number of ether oxygens (including phenoxy) is 3. The minimum Gasteiger partial charge on any atom is -0.481 e. The van der Waals surface area contributed by atoms with Crippen molar-refractivity contribution in [3.8, 4) is 29.4 Å². The summed E-state index contributed by atoms with van der Waals surface area (Å²) in [6.07, 6.45) is 5.34. The number of methoxy groups -OCH3 is 1. The van der Waals surface area contributed by atoms with Crippen LogP contribution in [0.1, 0.15) is 51.7 Å². The van der Waals surface area contributed by atoms with E-state index in [1.165, 1.54) is 12.7 Å². The third-order valence-electron chi connectivity index (χ3n) is 5.93. The number of pyridine rings is 1. The van der Waals surface area contributed by atoms with Crippen LogP contribution >= 0.6 is 0 Å². The van der Waals surface area contributed by atoms with Gasteiger partial charge in [-0.2, -0.15) is 0 Å². The normalized spacial score (nSPS) is 10.7. The standard InChI is InChI=1S/C31H27NO5/c1-5-16-36-26-15-14-25-17-28(31(34)37-19-21-6-8-24(9-7-21)30(33)35-4)32-29(27(25)18-26)23-12-10-22(11-13-23)20(2)3/h1,6-15,17-18,20H,16,19H2,2-4H3. The molecule has 0 fully saturated rings. The van der Waals surface area contributed by atoms with Gasteiger partial charge in [0.05, 0.1) is 18.4 Å². The summed E-state index contributed by atoms with van der Waals surface area (Å²) in [6, 6.07) is 22.1. The molecule has 0 amide bonds. The van der Waals surface area contributed by atoms with E-state index < -0.39 is 11.9 Å². The van der Waals surface area contributed by atoms with Crippen LogP contribution in [-0.4, -0.2) is 30.6 Å². The number of esters is 2. The van der Waals surface area contributed by atoms with E-state index in [1.54, 1.807) is 30.3 Å². The topological polar surface area (TPSA) is 74.7 Å². The Morgan fingerprint density at radius 1 is 0.946 bits per heavy atom. The van der Waals surface area contributed by atoms with Crippen molar-refractivity contribution in [3.05, 3.63) is 95.2 Å². The molecule has 0 aliphatic rings. The second-order valence-electron chi connectivity index (χ2n) is 8.77. The lowest BCUT2D eigenvalue weighted by atomic mass is 9.98. The number of carbonyl (C=O) groups excluding carboxylic acids is 2. The molecule has 0 unspecified atom stereocenters. The smallest absolute Gasteiger partial charge is 0.357 e. The Kier molecular flexibility index (Phi) is 7.85.